The summed E-state index contributed by atoms with van der Waals surface area (Å²) in [4.78, 5) is 37.5. The Kier molecular flexibility index (Phi) is 11.1. The molecule has 7 rings (SSSR count). The molecule has 2 N–H and O–H groups in total. The maximum atomic E-state index is 14.3. The smallest absolute Gasteiger partial charge is 0.381 e. The predicted molar refractivity (Wildman–Crippen MR) is 178 cm³/mol. The van der Waals surface area contributed by atoms with E-state index in [0.29, 0.717) is 43.9 Å². The van der Waals surface area contributed by atoms with Crippen LogP contribution in [0.5, 0.6) is 0 Å². The predicted octanol–water partition coefficient (Wildman–Crippen LogP) is 5.40. The quantitative estimate of drug-likeness (QED) is 0.262. The van der Waals surface area contributed by atoms with E-state index in [9.17, 15) is 44.7 Å². The van der Waals surface area contributed by atoms with Crippen molar-refractivity contribution < 1.29 is 49.4 Å². The Balaban J connectivity index is 1.17. The van der Waals surface area contributed by atoms with Crippen LogP contribution in [0.3, 0.4) is 0 Å². The van der Waals surface area contributed by atoms with Gasteiger partial charge in [0.15, 0.2) is 0 Å². The molecule has 0 radical (unpaired) electrons. The molecule has 0 bridgehead atoms. The van der Waals surface area contributed by atoms with Crippen molar-refractivity contribution in [1.82, 2.24) is 44.9 Å². The molecule has 302 valence electrons. The van der Waals surface area contributed by atoms with Crippen molar-refractivity contribution in [3.05, 3.63) is 41.2 Å². The maximum absolute atomic E-state index is 14.3. The number of hydrogen-bond donors (Lipinski definition) is 2. The largest absolute Gasteiger partial charge is 0.404 e. The van der Waals surface area contributed by atoms with E-state index < -0.39 is 85.7 Å². The monoisotopic (exact) mass is 789 g/mol. The van der Waals surface area contributed by atoms with E-state index in [1.807, 2.05) is 0 Å². The van der Waals surface area contributed by atoms with Gasteiger partial charge in [-0.3, -0.25) is 19.2 Å². The molecule has 20 heteroatoms. The zero-order chi connectivity index (χ0) is 39.1. The van der Waals surface area contributed by atoms with Crippen molar-refractivity contribution in [1.29, 1.82) is 0 Å². The molecule has 4 atom stereocenters. The fourth-order valence-electron chi connectivity index (χ4n) is 8.47. The molecule has 3 aromatic heterocycles. The first-order valence-electron chi connectivity index (χ1n) is 18.8. The number of nitrogens with one attached hydrogen (secondary N) is 2. The third-order valence-electron chi connectivity index (χ3n) is 11.5. The van der Waals surface area contributed by atoms with Gasteiger partial charge in [0, 0.05) is 63.6 Å². The highest BCUT2D eigenvalue weighted by Gasteiger charge is 2.47. The highest BCUT2D eigenvalue weighted by atomic mass is 19.4. The first-order chi connectivity index (χ1) is 26.1. The third-order valence-corrected chi connectivity index (χ3v) is 11.5. The van der Waals surface area contributed by atoms with E-state index in [-0.39, 0.29) is 68.4 Å². The average Bonchev–Trinajstić information content (AvgIpc) is 3.90. The van der Waals surface area contributed by atoms with E-state index in [1.165, 1.54) is 32.6 Å². The summed E-state index contributed by atoms with van der Waals surface area (Å²) in [5.41, 5.74) is 1.16. The number of imidazole rings is 1. The second kappa shape index (κ2) is 15.5. The summed E-state index contributed by atoms with van der Waals surface area (Å²) < 4.78 is 118. The van der Waals surface area contributed by atoms with E-state index in [4.69, 9.17) is 19.8 Å². The normalized spacial score (nSPS) is 25.3. The Morgan fingerprint density at radius 1 is 1.02 bits per heavy atom. The Labute approximate surface area is 310 Å². The van der Waals surface area contributed by atoms with Crippen LogP contribution in [-0.2, 0) is 22.5 Å². The van der Waals surface area contributed by atoms with Crippen molar-refractivity contribution in [2.75, 3.05) is 32.8 Å². The number of amides is 2. The van der Waals surface area contributed by atoms with Crippen LogP contribution in [0.4, 0.5) is 35.1 Å². The van der Waals surface area contributed by atoms with Crippen molar-refractivity contribution in [2.45, 2.75) is 107 Å². The van der Waals surface area contributed by atoms with Gasteiger partial charge in [0.2, 0.25) is 11.8 Å². The first kappa shape index (κ1) is 39.3. The summed E-state index contributed by atoms with van der Waals surface area (Å²) in [6, 6.07) is -1.05. The fraction of sp³-hybridized carbons (Fsp3) is 0.714. The van der Waals surface area contributed by atoms with Crippen LogP contribution < -0.4 is 10.6 Å². The van der Waals surface area contributed by atoms with Gasteiger partial charge >= 0.3 is 12.4 Å². The van der Waals surface area contributed by atoms with Crippen LogP contribution in [0.15, 0.2) is 18.5 Å². The van der Waals surface area contributed by atoms with Gasteiger partial charge in [0.25, 0.3) is 11.7 Å². The fourth-order valence-corrected chi connectivity index (χ4v) is 8.47. The number of fused-ring (bicyclic) bond motifs is 1. The van der Waals surface area contributed by atoms with E-state index >= 15 is 0 Å². The van der Waals surface area contributed by atoms with Crippen molar-refractivity contribution in [2.24, 2.45) is 17.8 Å². The highest BCUT2D eigenvalue weighted by Crippen LogP contribution is 2.42. The van der Waals surface area contributed by atoms with Crippen LogP contribution >= 0.6 is 0 Å². The van der Waals surface area contributed by atoms with Gasteiger partial charge < -0.3 is 15.4 Å². The second-order valence-electron chi connectivity index (χ2n) is 15.2. The maximum Gasteiger partial charge on any atom is 0.404 e. The molecule has 0 aromatic carbocycles. The lowest BCUT2D eigenvalue weighted by Gasteiger charge is -2.33. The number of hydrogen-bond acceptors (Lipinski definition) is 8. The molecule has 3 aromatic rings. The molecule has 12 nitrogen and oxygen atoms in total. The number of alkyl halides is 8. The minimum atomic E-state index is -4.49. The number of halogens is 8. The van der Waals surface area contributed by atoms with Crippen molar-refractivity contribution in [3.8, 4) is 0 Å². The number of likely N-dealkylation sites (tertiary alicyclic amines) is 1. The minimum Gasteiger partial charge on any atom is -0.381 e. The summed E-state index contributed by atoms with van der Waals surface area (Å²) >= 11 is 0. The highest BCUT2D eigenvalue weighted by molar-refractivity contribution is 5.92. The van der Waals surface area contributed by atoms with E-state index in [0.717, 1.165) is 0 Å². The summed E-state index contributed by atoms with van der Waals surface area (Å²) in [6.45, 7) is 0.624. The molecule has 55 heavy (non-hydrogen) atoms. The van der Waals surface area contributed by atoms with Gasteiger partial charge in [-0.05, 0) is 63.5 Å². The third kappa shape index (κ3) is 8.89. The average molecular weight is 790 g/mol. The van der Waals surface area contributed by atoms with Gasteiger partial charge in [-0.2, -0.15) is 36.5 Å². The Morgan fingerprint density at radius 2 is 1.76 bits per heavy atom. The molecule has 1 aliphatic carbocycles. The lowest BCUT2D eigenvalue weighted by molar-refractivity contribution is -0.183. The molecule has 4 aliphatic rings. The number of aromatic nitrogens is 6. The van der Waals surface area contributed by atoms with Gasteiger partial charge in [0.1, 0.15) is 11.7 Å². The number of piperidine rings is 1. The van der Waals surface area contributed by atoms with Crippen LogP contribution in [0.2, 0.25) is 0 Å². The molecule has 1 saturated carbocycles. The van der Waals surface area contributed by atoms with Gasteiger partial charge in [-0.1, -0.05) is 0 Å². The zero-order valence-electron chi connectivity index (χ0n) is 29.9. The van der Waals surface area contributed by atoms with Gasteiger partial charge in [-0.25, -0.2) is 23.3 Å². The van der Waals surface area contributed by atoms with E-state index in [1.54, 1.807) is 0 Å². The molecular formula is C35H43F8N9O3. The van der Waals surface area contributed by atoms with Gasteiger partial charge in [0.05, 0.1) is 41.8 Å². The van der Waals surface area contributed by atoms with Crippen molar-refractivity contribution in [3.63, 3.8) is 0 Å². The number of carbonyl (C=O) groups excluding carboxylic acids is 2. The molecule has 2 amide bonds. The van der Waals surface area contributed by atoms with Crippen LogP contribution in [0.1, 0.15) is 97.3 Å². The SMILES string of the molecule is O=C(N[C@H](c1cn2nc(C[C@H]3C[C@@H](C(F)(F)F)CNC3=O)c(C3CCOCC3)nc2n1)C1CCC(F)(F)CC1)c1ccnn1CCN1CCCC1C(F)(F)F. The zero-order valence-corrected chi connectivity index (χ0v) is 29.9. The first-order valence-corrected chi connectivity index (χ1v) is 18.8. The molecule has 4 fully saturated rings. The summed E-state index contributed by atoms with van der Waals surface area (Å²) in [6.07, 6.45) is -5.74. The van der Waals surface area contributed by atoms with Crippen LogP contribution in [0, 0.1) is 17.8 Å². The summed E-state index contributed by atoms with van der Waals surface area (Å²) in [5.74, 6) is -7.27. The number of nitrogens with zero attached hydrogens (tertiary/aromatic N) is 7. The van der Waals surface area contributed by atoms with Crippen molar-refractivity contribution >= 4 is 17.6 Å². The van der Waals surface area contributed by atoms with E-state index in [2.05, 4.69) is 15.7 Å². The summed E-state index contributed by atoms with van der Waals surface area (Å²) in [7, 11) is 0. The molecule has 6 heterocycles. The standard InChI is InChI=1S/C35H43F8N9O3/c36-33(37)8-3-20(4-9-33)29(47-31(54)26-5-10-45-51(26)13-12-50-11-1-2-27(50)35(41,42)43)25-19-52-32(46-25)48-28(21-6-14-55-15-7-21)24(49-52)17-22-16-23(34(38,39)40)18-44-30(22)53/h5,10,19-23,27,29H,1-4,6-9,11-18H2,(H,44,53)(H,47,54)/t22-,23-,27?,29+/m1/s1. The van der Waals surface area contributed by atoms with Crippen LogP contribution in [0.25, 0.3) is 5.78 Å². The Bertz CT molecular complexity index is 1830. The lowest BCUT2D eigenvalue weighted by atomic mass is 9.81. The lowest BCUT2D eigenvalue weighted by Crippen LogP contribution is -2.47. The van der Waals surface area contributed by atoms with Gasteiger partial charge in [-0.15, -0.1) is 0 Å². The summed E-state index contributed by atoms with van der Waals surface area (Å²) in [5, 5.41) is 14.2. The topological polar surface area (TPSA) is 132 Å². The molecule has 1 unspecified atom stereocenters. The molecule has 0 spiro atoms. The molecular weight excluding hydrogens is 746 g/mol. The minimum absolute atomic E-state index is 0.00531. The molecule has 3 saturated heterocycles. The molecule has 3 aliphatic heterocycles. The number of ether oxygens (including phenoxy) is 1. The second-order valence-corrected chi connectivity index (χ2v) is 15.2. The number of rotatable bonds is 10. The number of carbonyl (C=O) groups is 2. The van der Waals surface area contributed by atoms with Crippen LogP contribution in [-0.4, -0.2) is 103 Å². The Hall–Kier alpha value is -3.94. The Morgan fingerprint density at radius 3 is 2.47 bits per heavy atom.